The lowest BCUT2D eigenvalue weighted by Gasteiger charge is -2.35. The molecule has 0 bridgehead atoms. The Kier molecular flexibility index (Phi) is 10.9. The van der Waals surface area contributed by atoms with Gasteiger partial charge in [-0.05, 0) is 34.9 Å². The average molecular weight is 560 g/mol. The molecular weight excluding hydrogens is 526 g/mol. The summed E-state index contributed by atoms with van der Waals surface area (Å²) in [6, 6.07) is 12.7. The van der Waals surface area contributed by atoms with Crippen LogP contribution in [0.2, 0.25) is 0 Å². The van der Waals surface area contributed by atoms with E-state index in [1.807, 2.05) is 30.3 Å². The van der Waals surface area contributed by atoms with Crippen LogP contribution in [-0.2, 0) is 51.1 Å². The molecule has 1 aliphatic heterocycles. The first-order valence-corrected chi connectivity index (χ1v) is 12.5. The summed E-state index contributed by atoms with van der Waals surface area (Å²) in [6.45, 7) is -0.119. The molecule has 12 heteroatoms. The van der Waals surface area contributed by atoms with Gasteiger partial charge in [0.15, 0.2) is 23.4 Å². The van der Waals surface area contributed by atoms with Crippen LogP contribution in [0, 0.1) is 0 Å². The summed E-state index contributed by atoms with van der Waals surface area (Å²) in [5, 5.41) is 2.74. The van der Waals surface area contributed by atoms with Crippen LogP contribution in [0.4, 0.5) is 4.79 Å². The van der Waals surface area contributed by atoms with Crippen LogP contribution in [0.5, 0.6) is 11.5 Å². The van der Waals surface area contributed by atoms with E-state index in [1.54, 1.807) is 18.2 Å². The van der Waals surface area contributed by atoms with Crippen LogP contribution < -0.4 is 14.8 Å². The minimum absolute atomic E-state index is 0.0316. The molecule has 2 aliphatic rings. The number of ether oxygens (including phenoxy) is 9. The Morgan fingerprint density at radius 1 is 0.925 bits per heavy atom. The molecule has 216 valence electrons. The minimum Gasteiger partial charge on any atom is -0.454 e. The Labute approximate surface area is 232 Å². The Bertz CT molecular complexity index is 1170. The first kappa shape index (κ1) is 29.5. The summed E-state index contributed by atoms with van der Waals surface area (Å²) in [6.07, 6.45) is -1.65. The standard InChI is InChI=1S/C28H33NO11/c1-32-14-36-24-11-21(25(30)27(40-16-34-3)26(24)39-15-33-2)20-10-23-22(37-17-38-23)9-19(20)12-29-28(31)35-13-18-7-5-4-6-8-18/h4-11,24,26-27H,12-17H2,1-3H3,(H,29,31)/t24-,26-,27-/m0/s1. The van der Waals surface area contributed by atoms with E-state index in [-0.39, 0.29) is 51.7 Å². The molecule has 0 radical (unpaired) electrons. The van der Waals surface area contributed by atoms with Gasteiger partial charge in [-0.3, -0.25) is 4.79 Å². The van der Waals surface area contributed by atoms with Crippen LogP contribution >= 0.6 is 0 Å². The van der Waals surface area contributed by atoms with E-state index in [2.05, 4.69) is 5.32 Å². The van der Waals surface area contributed by atoms with Gasteiger partial charge in [-0.15, -0.1) is 0 Å². The van der Waals surface area contributed by atoms with Crippen molar-refractivity contribution in [3.63, 3.8) is 0 Å². The highest BCUT2D eigenvalue weighted by atomic mass is 16.7. The molecule has 3 atom stereocenters. The van der Waals surface area contributed by atoms with Gasteiger partial charge < -0.3 is 47.9 Å². The molecule has 2 aromatic rings. The van der Waals surface area contributed by atoms with Crippen LogP contribution in [0.1, 0.15) is 16.7 Å². The molecule has 0 unspecified atom stereocenters. The number of Topliss-reactive ketones (excluding diaryl/α,β-unsaturated/α-hetero) is 1. The second kappa shape index (κ2) is 14.7. The fourth-order valence-electron chi connectivity index (χ4n) is 4.29. The van der Waals surface area contributed by atoms with Crippen molar-refractivity contribution in [3.05, 3.63) is 65.2 Å². The first-order chi connectivity index (χ1) is 19.5. The van der Waals surface area contributed by atoms with Crippen molar-refractivity contribution < 1.29 is 52.2 Å². The Hall–Kier alpha value is -3.52. The predicted octanol–water partition coefficient (Wildman–Crippen LogP) is 2.78. The number of amides is 1. The SMILES string of the molecule is COCO[C@H]1[C@@H](OCOC)C=C(c2cc3c(cc2CNC(=O)OCc2ccccc2)OCO3)C(=O)[C@@H]1OCOC. The van der Waals surface area contributed by atoms with Crippen molar-refractivity contribution >= 4 is 17.4 Å². The van der Waals surface area contributed by atoms with Crippen LogP contribution in [0.3, 0.4) is 0 Å². The number of rotatable bonds is 14. The molecule has 0 spiro atoms. The van der Waals surface area contributed by atoms with Crippen molar-refractivity contribution in [3.8, 4) is 11.5 Å². The van der Waals surface area contributed by atoms with Crippen LogP contribution in [0.15, 0.2) is 48.5 Å². The molecular formula is C28H33NO11. The quantitative estimate of drug-likeness (QED) is 0.343. The summed E-state index contributed by atoms with van der Waals surface area (Å²) in [5.41, 5.74) is 2.23. The van der Waals surface area contributed by atoms with Gasteiger partial charge in [0.1, 0.15) is 39.2 Å². The zero-order valence-corrected chi connectivity index (χ0v) is 22.6. The number of methoxy groups -OCH3 is 3. The van der Waals surface area contributed by atoms with Gasteiger partial charge in [0.05, 0.1) is 0 Å². The van der Waals surface area contributed by atoms with Gasteiger partial charge in [-0.25, -0.2) is 4.79 Å². The highest BCUT2D eigenvalue weighted by molar-refractivity contribution is 6.24. The Balaban J connectivity index is 1.62. The largest absolute Gasteiger partial charge is 0.454 e. The molecule has 2 aromatic carbocycles. The molecule has 1 N–H and O–H groups in total. The fraction of sp³-hybridized carbons (Fsp3) is 0.429. The predicted molar refractivity (Wildman–Crippen MR) is 139 cm³/mol. The lowest BCUT2D eigenvalue weighted by Crippen LogP contribution is -2.50. The maximum Gasteiger partial charge on any atom is 0.407 e. The fourth-order valence-corrected chi connectivity index (χ4v) is 4.29. The van der Waals surface area contributed by atoms with Crippen molar-refractivity contribution in [2.45, 2.75) is 31.5 Å². The summed E-state index contributed by atoms with van der Waals surface area (Å²) >= 11 is 0. The third-order valence-corrected chi connectivity index (χ3v) is 6.12. The van der Waals surface area contributed by atoms with Crippen molar-refractivity contribution in [2.75, 3.05) is 48.5 Å². The van der Waals surface area contributed by atoms with E-state index in [0.717, 1.165) is 5.56 Å². The number of fused-ring (bicyclic) bond motifs is 1. The van der Waals surface area contributed by atoms with E-state index < -0.39 is 24.4 Å². The molecule has 0 saturated carbocycles. The first-order valence-electron chi connectivity index (χ1n) is 12.5. The van der Waals surface area contributed by atoms with Crippen LogP contribution in [-0.4, -0.2) is 78.7 Å². The third-order valence-electron chi connectivity index (χ3n) is 6.12. The number of carbonyl (C=O) groups is 2. The normalized spacial score (nSPS) is 19.8. The summed E-state index contributed by atoms with van der Waals surface area (Å²) < 4.78 is 49.1. The molecule has 0 fully saturated rings. The lowest BCUT2D eigenvalue weighted by molar-refractivity contribution is -0.199. The number of benzene rings is 2. The van der Waals surface area contributed by atoms with Gasteiger partial charge in [0, 0.05) is 33.4 Å². The number of hydrogen-bond acceptors (Lipinski definition) is 11. The van der Waals surface area contributed by atoms with Crippen molar-refractivity contribution in [2.24, 2.45) is 0 Å². The molecule has 0 saturated heterocycles. The number of nitrogens with one attached hydrogen (secondary N) is 1. The number of ketones is 1. The van der Waals surface area contributed by atoms with E-state index in [9.17, 15) is 9.59 Å². The zero-order chi connectivity index (χ0) is 28.3. The topological polar surface area (TPSA) is 129 Å². The van der Waals surface area contributed by atoms with E-state index in [4.69, 9.17) is 42.6 Å². The van der Waals surface area contributed by atoms with E-state index >= 15 is 0 Å². The van der Waals surface area contributed by atoms with Gasteiger partial charge >= 0.3 is 6.09 Å². The maximum absolute atomic E-state index is 13.8. The zero-order valence-electron chi connectivity index (χ0n) is 22.6. The number of alkyl carbamates (subject to hydrolysis) is 1. The highest BCUT2D eigenvalue weighted by Gasteiger charge is 2.43. The van der Waals surface area contributed by atoms with Crippen LogP contribution in [0.25, 0.3) is 5.57 Å². The molecule has 1 aliphatic carbocycles. The third kappa shape index (κ3) is 7.36. The summed E-state index contributed by atoms with van der Waals surface area (Å²) in [7, 11) is 4.41. The summed E-state index contributed by atoms with van der Waals surface area (Å²) in [5.74, 6) is 0.575. The van der Waals surface area contributed by atoms with Crippen molar-refractivity contribution in [1.82, 2.24) is 5.32 Å². The van der Waals surface area contributed by atoms with Gasteiger partial charge in [0.25, 0.3) is 0 Å². The Morgan fingerprint density at radius 3 is 2.33 bits per heavy atom. The smallest absolute Gasteiger partial charge is 0.407 e. The highest BCUT2D eigenvalue weighted by Crippen LogP contribution is 2.39. The minimum atomic E-state index is -1.08. The maximum atomic E-state index is 13.8. The molecule has 1 amide bonds. The molecule has 1 heterocycles. The van der Waals surface area contributed by atoms with E-state index in [1.165, 1.54) is 21.3 Å². The second-order valence-corrected chi connectivity index (χ2v) is 8.79. The molecule has 12 nitrogen and oxygen atoms in total. The lowest BCUT2D eigenvalue weighted by atomic mass is 9.84. The monoisotopic (exact) mass is 559 g/mol. The van der Waals surface area contributed by atoms with Gasteiger partial charge in [0.2, 0.25) is 6.79 Å². The van der Waals surface area contributed by atoms with Crippen molar-refractivity contribution in [1.29, 1.82) is 0 Å². The van der Waals surface area contributed by atoms with Gasteiger partial charge in [-0.1, -0.05) is 30.3 Å². The molecule has 4 rings (SSSR count). The number of carbonyl (C=O) groups excluding carboxylic acids is 2. The number of hydrogen-bond donors (Lipinski definition) is 1. The Morgan fingerprint density at radius 2 is 1.60 bits per heavy atom. The average Bonchev–Trinajstić information content (AvgIpc) is 3.44. The summed E-state index contributed by atoms with van der Waals surface area (Å²) in [4.78, 5) is 26.3. The second-order valence-electron chi connectivity index (χ2n) is 8.79. The van der Waals surface area contributed by atoms with Gasteiger partial charge in [-0.2, -0.15) is 0 Å². The molecule has 0 aromatic heterocycles. The molecule has 40 heavy (non-hydrogen) atoms. The van der Waals surface area contributed by atoms with E-state index in [0.29, 0.717) is 22.6 Å².